The predicted molar refractivity (Wildman–Crippen MR) is 169 cm³/mol. The van der Waals surface area contributed by atoms with Crippen LogP contribution >= 0.6 is 39.5 Å². The predicted octanol–water partition coefficient (Wildman–Crippen LogP) is 8.36. The van der Waals surface area contributed by atoms with E-state index in [0.29, 0.717) is 26.4 Å². The van der Waals surface area contributed by atoms with Gasteiger partial charge in [-0.25, -0.2) is 11.8 Å². The number of rotatable bonds is 7. The van der Waals surface area contributed by atoms with Gasteiger partial charge in [0.2, 0.25) is 0 Å². The number of hydrogen-bond acceptors (Lipinski definition) is 5. The van der Waals surface area contributed by atoms with Gasteiger partial charge in [-0.15, -0.1) is 0 Å². The van der Waals surface area contributed by atoms with Crippen LogP contribution < -0.4 is 0 Å². The van der Waals surface area contributed by atoms with E-state index in [9.17, 15) is 0 Å². The molecule has 6 nitrogen and oxygen atoms in total. The van der Waals surface area contributed by atoms with E-state index in [-0.39, 0.29) is 16.4 Å². The van der Waals surface area contributed by atoms with Crippen molar-refractivity contribution in [2.45, 2.75) is 51.8 Å². The van der Waals surface area contributed by atoms with Gasteiger partial charge in [0.05, 0.1) is 32.0 Å². The molecule has 0 aromatic heterocycles. The van der Waals surface area contributed by atoms with Gasteiger partial charge in [0.15, 0.2) is 22.7 Å². The van der Waals surface area contributed by atoms with Crippen LogP contribution in [0.2, 0.25) is 39.3 Å². The van der Waals surface area contributed by atoms with Crippen molar-refractivity contribution in [2.24, 2.45) is 0 Å². The molecule has 0 radical (unpaired) electrons. The maximum Gasteiger partial charge on any atom is 0.184 e. The van der Waals surface area contributed by atoms with Crippen molar-refractivity contribution in [1.82, 2.24) is 0 Å². The van der Waals surface area contributed by atoms with Crippen LogP contribution in [-0.2, 0) is 28.7 Å². The summed E-state index contributed by atoms with van der Waals surface area (Å²) in [6.07, 6.45) is -0.641. The molecule has 0 amide bonds. The first-order valence-electron chi connectivity index (χ1n) is 12.0. The van der Waals surface area contributed by atoms with Gasteiger partial charge in [0.1, 0.15) is 0 Å². The van der Waals surface area contributed by atoms with Crippen molar-refractivity contribution < 1.29 is 28.7 Å². The molecule has 1 fully saturated rings. The third kappa shape index (κ3) is 21.3. The summed E-state index contributed by atoms with van der Waals surface area (Å²) >= 11 is 4.93. The molecule has 1 unspecified atom stereocenters. The number of hydrogen-bond donors (Lipinski definition) is 0. The molecule has 0 spiro atoms. The molecule has 0 bridgehead atoms. The summed E-state index contributed by atoms with van der Waals surface area (Å²) in [6.45, 7) is 22.0. The van der Waals surface area contributed by atoms with Crippen LogP contribution in [0.15, 0.2) is 60.7 Å². The van der Waals surface area contributed by atoms with Gasteiger partial charge in [0.25, 0.3) is 0 Å². The van der Waals surface area contributed by atoms with E-state index >= 15 is 0 Å². The van der Waals surface area contributed by atoms with Crippen LogP contribution in [0, 0.1) is 17.5 Å². The molecule has 37 heavy (non-hydrogen) atoms. The number of nitrogens with zero attached hydrogens (tertiary/aromatic N) is 2. The first kappa shape index (κ1) is 36.8. The molecule has 1 heterocycles. The second-order valence-corrected chi connectivity index (χ2v) is 42.4. The first-order chi connectivity index (χ1) is 17.5. The smallest absolute Gasteiger partial charge is 0.184 e. The van der Waals surface area contributed by atoms with E-state index in [4.69, 9.17) is 30.5 Å². The number of nitriles is 1. The number of ether oxygens (including phenoxy) is 3. The molecule has 0 aliphatic carbocycles. The average molecular weight is 818 g/mol. The summed E-state index contributed by atoms with van der Waals surface area (Å²) in [6, 6.07) is 19.5. The Labute approximate surface area is 254 Å². The Kier molecular flexibility index (Phi) is 21.5. The van der Waals surface area contributed by atoms with E-state index in [2.05, 4.69) is 69.7 Å². The molecule has 11 heteroatoms. The molecule has 3 rings (SSSR count). The Balaban J connectivity index is 0.000000551. The zero-order valence-electron chi connectivity index (χ0n) is 22.7. The fourth-order valence-electron chi connectivity index (χ4n) is 2.49. The molecular weight excluding hydrogens is 780 g/mol. The minimum Gasteiger partial charge on any atom is -0.346 e. The largest absolute Gasteiger partial charge is 0.346 e. The Bertz CT molecular complexity index is 913. The van der Waals surface area contributed by atoms with Crippen molar-refractivity contribution in [3.05, 3.63) is 83.2 Å². The normalized spacial score (nSPS) is 13.6. The van der Waals surface area contributed by atoms with Gasteiger partial charge in [-0.05, 0) is 31.8 Å². The molecular formula is C26H38I2N2O4Si2Zn. The molecule has 1 aliphatic heterocycles. The van der Waals surface area contributed by atoms with E-state index in [1.54, 1.807) is 0 Å². The standard InChI is InChI=1S/C13H19NO2Si.C9H10O2.C4H9NSi.2HI.Zn/c1-14-13(12-8-6-5-7-9-12)15-10-11-16-17(2,3)4;1-2-4-8(5-3-1)9-10-6-7-11-9;1-6(2,3)4-5;;;/h5-9,13H,10-11H2,2-4H3;1-5,9H,6-7H2;1-3H3;2*1H;/q;;;;;+2/p-2. The molecule has 0 N–H and O–H groups in total. The van der Waals surface area contributed by atoms with E-state index in [0.717, 1.165) is 11.1 Å². The van der Waals surface area contributed by atoms with Gasteiger partial charge in [-0.1, -0.05) is 68.2 Å². The summed E-state index contributed by atoms with van der Waals surface area (Å²) in [4.78, 5) is 3.48. The summed E-state index contributed by atoms with van der Waals surface area (Å²) in [5.41, 5.74) is 4.24. The Morgan fingerprint density at radius 1 is 0.973 bits per heavy atom. The zero-order valence-corrected chi connectivity index (χ0v) is 32.0. The monoisotopic (exact) mass is 816 g/mol. The maximum atomic E-state index is 8.21. The molecule has 200 valence electrons. The Hall–Kier alpha value is -0.223. The van der Waals surface area contributed by atoms with E-state index in [1.165, 1.54) is 0 Å². The van der Waals surface area contributed by atoms with Gasteiger partial charge >= 0.3 is 55.8 Å². The molecule has 1 saturated heterocycles. The Morgan fingerprint density at radius 3 is 1.84 bits per heavy atom. The molecule has 1 aliphatic rings. The SMILES string of the molecule is C[Si](C)(C)C#N.[C-]#[N+]C(OCCO[Si](C)(C)C)c1ccccc1.[I][Zn][I].c1ccc(C2OCCO2)cc1. The number of benzene rings is 2. The van der Waals surface area contributed by atoms with Crippen LogP contribution in [0.1, 0.15) is 23.6 Å². The summed E-state index contributed by atoms with van der Waals surface area (Å²) < 4.78 is 21.8. The van der Waals surface area contributed by atoms with Gasteiger partial charge in [0, 0.05) is 11.3 Å². The maximum absolute atomic E-state index is 8.21. The van der Waals surface area contributed by atoms with Crippen molar-refractivity contribution in [1.29, 1.82) is 5.26 Å². The van der Waals surface area contributed by atoms with Crippen molar-refractivity contribution in [3.63, 3.8) is 0 Å². The summed E-state index contributed by atoms with van der Waals surface area (Å²) in [5.74, 6) is 0. The quantitative estimate of drug-likeness (QED) is 0.122. The molecule has 1 atom stereocenters. The minimum absolute atomic E-state index is 0.0650. The van der Waals surface area contributed by atoms with Gasteiger partial charge in [-0.2, -0.15) is 0 Å². The summed E-state index contributed by atoms with van der Waals surface area (Å²) in [5, 5.41) is 8.21. The molecule has 0 saturated carbocycles. The average Bonchev–Trinajstić information content (AvgIpc) is 3.41. The minimum atomic E-state index is -1.48. The second-order valence-electron chi connectivity index (χ2n) is 9.67. The Morgan fingerprint density at radius 2 is 1.43 bits per heavy atom. The fourth-order valence-corrected chi connectivity index (χ4v) is 3.19. The third-order valence-electron chi connectivity index (χ3n) is 4.13. The van der Waals surface area contributed by atoms with Gasteiger partial charge in [-0.3, -0.25) is 4.85 Å². The first-order valence-corrected chi connectivity index (χ1v) is 37.0. The number of halogens is 2. The van der Waals surface area contributed by atoms with Crippen molar-refractivity contribution in [2.75, 3.05) is 26.4 Å². The van der Waals surface area contributed by atoms with Crippen LogP contribution in [0.4, 0.5) is 0 Å². The van der Waals surface area contributed by atoms with Crippen molar-refractivity contribution in [3.8, 4) is 5.69 Å². The topological polar surface area (TPSA) is 65.1 Å². The van der Waals surface area contributed by atoms with Crippen molar-refractivity contribution >= 4 is 55.9 Å². The fraction of sp³-hybridized carbons (Fsp3) is 0.462. The third-order valence-corrected chi connectivity index (χ3v) is 5.87. The van der Waals surface area contributed by atoms with Crippen LogP contribution in [-0.4, -0.2) is 42.8 Å². The van der Waals surface area contributed by atoms with E-state index in [1.807, 2.05) is 80.3 Å². The van der Waals surface area contributed by atoms with Crippen LogP contribution in [0.3, 0.4) is 0 Å². The molecule has 2 aromatic carbocycles. The molecule has 2 aromatic rings. The zero-order chi connectivity index (χ0) is 28.2. The van der Waals surface area contributed by atoms with Crippen LogP contribution in [0.5, 0.6) is 0 Å². The summed E-state index contributed by atoms with van der Waals surface area (Å²) in [7, 11) is -2.74. The van der Waals surface area contributed by atoms with Gasteiger partial charge < -0.3 is 18.6 Å². The van der Waals surface area contributed by atoms with Crippen LogP contribution in [0.25, 0.3) is 4.85 Å². The van der Waals surface area contributed by atoms with E-state index < -0.39 is 22.6 Å². The second kappa shape index (κ2) is 21.6.